The number of hydrogen-bond acceptors (Lipinski definition) is 4. The van der Waals surface area contributed by atoms with Gasteiger partial charge in [0.15, 0.2) is 0 Å². The predicted molar refractivity (Wildman–Crippen MR) is 59.8 cm³/mol. The van der Waals surface area contributed by atoms with E-state index in [4.69, 9.17) is 4.74 Å². The molecule has 0 aliphatic carbocycles. The van der Waals surface area contributed by atoms with E-state index in [1.807, 2.05) is 18.6 Å². The molecule has 4 heteroatoms. The van der Waals surface area contributed by atoms with Gasteiger partial charge in [0.2, 0.25) is 0 Å². The van der Waals surface area contributed by atoms with Crippen LogP contribution in [0.2, 0.25) is 0 Å². The molecular weight excluding hydrogens is 196 g/mol. The highest BCUT2D eigenvalue weighted by atomic mass is 32.1. The molecule has 1 rings (SSSR count). The third kappa shape index (κ3) is 2.77. The molecule has 1 unspecified atom stereocenters. The van der Waals surface area contributed by atoms with Crippen molar-refractivity contribution in [3.05, 3.63) is 16.6 Å². The first-order chi connectivity index (χ1) is 6.60. The molecule has 0 amide bonds. The Bertz CT molecular complexity index is 259. The van der Waals surface area contributed by atoms with Crippen LogP contribution in [0, 0.1) is 0 Å². The van der Waals surface area contributed by atoms with Gasteiger partial charge in [-0.2, -0.15) is 0 Å². The summed E-state index contributed by atoms with van der Waals surface area (Å²) in [5, 5.41) is 6.42. The second kappa shape index (κ2) is 4.87. The predicted octanol–water partition coefficient (Wildman–Crippen LogP) is 1.70. The van der Waals surface area contributed by atoms with E-state index in [1.165, 1.54) is 0 Å². The van der Waals surface area contributed by atoms with E-state index in [0.29, 0.717) is 6.04 Å². The summed E-state index contributed by atoms with van der Waals surface area (Å²) >= 11 is 1.69. The standard InChI is InChI=1S/C10H18N2OS/c1-10(2,13-4)8(11-3)7-9-12-5-6-14-9/h5-6,8,11H,7H2,1-4H3. The minimum absolute atomic E-state index is 0.166. The van der Waals surface area contributed by atoms with Crippen LogP contribution < -0.4 is 5.32 Å². The van der Waals surface area contributed by atoms with Gasteiger partial charge in [-0.05, 0) is 20.9 Å². The van der Waals surface area contributed by atoms with Crippen molar-refractivity contribution < 1.29 is 4.74 Å². The molecule has 1 heterocycles. The maximum Gasteiger partial charge on any atom is 0.0941 e. The lowest BCUT2D eigenvalue weighted by molar-refractivity contribution is -0.00798. The summed E-state index contributed by atoms with van der Waals surface area (Å²) in [5.41, 5.74) is -0.166. The summed E-state index contributed by atoms with van der Waals surface area (Å²) in [4.78, 5) is 4.27. The van der Waals surface area contributed by atoms with Gasteiger partial charge < -0.3 is 10.1 Å². The van der Waals surface area contributed by atoms with E-state index in [0.717, 1.165) is 11.4 Å². The Morgan fingerprint density at radius 2 is 2.36 bits per heavy atom. The second-order valence-corrected chi connectivity index (χ2v) is 4.76. The van der Waals surface area contributed by atoms with E-state index < -0.39 is 0 Å². The fraction of sp³-hybridized carbons (Fsp3) is 0.700. The third-order valence-corrected chi connectivity index (χ3v) is 3.38. The number of rotatable bonds is 5. The lowest BCUT2D eigenvalue weighted by Gasteiger charge is -2.32. The highest BCUT2D eigenvalue weighted by Crippen LogP contribution is 2.18. The van der Waals surface area contributed by atoms with Crippen molar-refractivity contribution in [1.29, 1.82) is 0 Å². The van der Waals surface area contributed by atoms with Crippen LogP contribution in [-0.2, 0) is 11.2 Å². The van der Waals surface area contributed by atoms with E-state index in [-0.39, 0.29) is 5.60 Å². The zero-order chi connectivity index (χ0) is 10.6. The van der Waals surface area contributed by atoms with Gasteiger partial charge in [0.1, 0.15) is 0 Å². The summed E-state index contributed by atoms with van der Waals surface area (Å²) in [6, 6.07) is 0.290. The summed E-state index contributed by atoms with van der Waals surface area (Å²) in [6.45, 7) is 4.17. The largest absolute Gasteiger partial charge is 0.377 e. The second-order valence-electron chi connectivity index (χ2n) is 3.78. The van der Waals surface area contributed by atoms with Crippen molar-refractivity contribution in [3.63, 3.8) is 0 Å². The van der Waals surface area contributed by atoms with E-state index in [1.54, 1.807) is 18.4 Å². The fourth-order valence-electron chi connectivity index (χ4n) is 1.37. The lowest BCUT2D eigenvalue weighted by atomic mass is 9.96. The molecule has 80 valence electrons. The van der Waals surface area contributed by atoms with Gasteiger partial charge in [0.05, 0.1) is 10.6 Å². The molecule has 0 aromatic carbocycles. The normalized spacial score (nSPS) is 14.3. The van der Waals surface area contributed by atoms with Gasteiger partial charge in [-0.25, -0.2) is 4.98 Å². The first-order valence-electron chi connectivity index (χ1n) is 4.71. The topological polar surface area (TPSA) is 34.2 Å². The maximum absolute atomic E-state index is 5.45. The van der Waals surface area contributed by atoms with Crippen LogP contribution in [0.15, 0.2) is 11.6 Å². The first-order valence-corrected chi connectivity index (χ1v) is 5.59. The summed E-state index contributed by atoms with van der Waals surface area (Å²) < 4.78 is 5.45. The molecule has 1 N–H and O–H groups in total. The van der Waals surface area contributed by atoms with Crippen molar-refractivity contribution in [3.8, 4) is 0 Å². The zero-order valence-corrected chi connectivity index (χ0v) is 10.0. The minimum Gasteiger partial charge on any atom is -0.377 e. The van der Waals surface area contributed by atoms with Crippen LogP contribution in [0.25, 0.3) is 0 Å². The SMILES string of the molecule is CNC(Cc1nccs1)C(C)(C)OC. The molecule has 1 aromatic rings. The van der Waals surface area contributed by atoms with Crippen molar-refractivity contribution in [2.45, 2.75) is 31.9 Å². The van der Waals surface area contributed by atoms with Crippen LogP contribution in [-0.4, -0.2) is 30.8 Å². The molecular formula is C10H18N2OS. The van der Waals surface area contributed by atoms with Crippen molar-refractivity contribution in [2.75, 3.05) is 14.2 Å². The smallest absolute Gasteiger partial charge is 0.0941 e. The third-order valence-electron chi connectivity index (χ3n) is 2.58. The van der Waals surface area contributed by atoms with Gasteiger partial charge in [-0.1, -0.05) is 0 Å². The Kier molecular flexibility index (Phi) is 4.04. The molecule has 1 aromatic heterocycles. The molecule has 3 nitrogen and oxygen atoms in total. The molecule has 0 fully saturated rings. The summed E-state index contributed by atoms with van der Waals surface area (Å²) in [7, 11) is 3.70. The molecule has 14 heavy (non-hydrogen) atoms. The number of hydrogen-bond donors (Lipinski definition) is 1. The number of likely N-dealkylation sites (N-methyl/N-ethyl adjacent to an activating group) is 1. The summed E-state index contributed by atoms with van der Waals surface area (Å²) in [6.07, 6.45) is 2.75. The number of nitrogens with one attached hydrogen (secondary N) is 1. The maximum atomic E-state index is 5.45. The molecule has 0 spiro atoms. The molecule has 0 aliphatic heterocycles. The number of ether oxygens (including phenoxy) is 1. The van der Waals surface area contributed by atoms with Crippen molar-refractivity contribution in [2.24, 2.45) is 0 Å². The van der Waals surface area contributed by atoms with E-state index in [2.05, 4.69) is 24.1 Å². The Hall–Kier alpha value is -0.450. The van der Waals surface area contributed by atoms with Crippen LogP contribution in [0.3, 0.4) is 0 Å². The van der Waals surface area contributed by atoms with E-state index >= 15 is 0 Å². The molecule has 1 atom stereocenters. The Labute approximate surface area is 89.5 Å². The highest BCUT2D eigenvalue weighted by Gasteiger charge is 2.28. The van der Waals surface area contributed by atoms with Gasteiger partial charge in [0.25, 0.3) is 0 Å². The zero-order valence-electron chi connectivity index (χ0n) is 9.20. The monoisotopic (exact) mass is 214 g/mol. The number of nitrogens with zero attached hydrogens (tertiary/aromatic N) is 1. The highest BCUT2D eigenvalue weighted by molar-refractivity contribution is 7.09. The van der Waals surface area contributed by atoms with Crippen molar-refractivity contribution >= 4 is 11.3 Å². The average molecular weight is 214 g/mol. The molecule has 0 radical (unpaired) electrons. The quantitative estimate of drug-likeness (QED) is 0.810. The average Bonchev–Trinajstić information content (AvgIpc) is 2.66. The van der Waals surface area contributed by atoms with E-state index in [9.17, 15) is 0 Å². The van der Waals surface area contributed by atoms with Gasteiger partial charge >= 0.3 is 0 Å². The number of thiazole rings is 1. The van der Waals surface area contributed by atoms with Crippen LogP contribution in [0.1, 0.15) is 18.9 Å². The van der Waals surface area contributed by atoms with Crippen LogP contribution >= 0.6 is 11.3 Å². The van der Waals surface area contributed by atoms with Crippen LogP contribution in [0.4, 0.5) is 0 Å². The molecule has 0 saturated carbocycles. The Balaban J connectivity index is 2.64. The minimum atomic E-state index is -0.166. The summed E-state index contributed by atoms with van der Waals surface area (Å²) in [5.74, 6) is 0. The molecule has 0 aliphatic rings. The van der Waals surface area contributed by atoms with Crippen molar-refractivity contribution in [1.82, 2.24) is 10.3 Å². The number of methoxy groups -OCH3 is 1. The van der Waals surface area contributed by atoms with Gasteiger partial charge in [-0.15, -0.1) is 11.3 Å². The number of aromatic nitrogens is 1. The molecule has 0 bridgehead atoms. The Morgan fingerprint density at radius 3 is 2.79 bits per heavy atom. The lowest BCUT2D eigenvalue weighted by Crippen LogP contribution is -2.47. The van der Waals surface area contributed by atoms with Crippen LogP contribution in [0.5, 0.6) is 0 Å². The molecule has 0 saturated heterocycles. The van der Waals surface area contributed by atoms with Gasteiger partial charge in [-0.3, -0.25) is 0 Å². The Morgan fingerprint density at radius 1 is 1.64 bits per heavy atom. The first kappa shape index (κ1) is 11.6. The fourth-order valence-corrected chi connectivity index (χ4v) is 2.03. The van der Waals surface area contributed by atoms with Gasteiger partial charge in [0, 0.05) is 31.1 Å².